The number of hydrogen-bond donors (Lipinski definition) is 0. The second kappa shape index (κ2) is 5.03. The molecule has 2 aromatic rings. The molecule has 1 heterocycles. The van der Waals surface area contributed by atoms with Gasteiger partial charge in [0.1, 0.15) is 5.75 Å². The predicted octanol–water partition coefficient (Wildman–Crippen LogP) is 3.84. The van der Waals surface area contributed by atoms with Gasteiger partial charge in [-0.3, -0.25) is 4.79 Å². The Morgan fingerprint density at radius 3 is 2.44 bits per heavy atom. The van der Waals surface area contributed by atoms with E-state index in [0.717, 1.165) is 23.2 Å². The standard InChI is InChI=1S/C14H11NO2S/c1-9-5-11(7-15)6-10(2)14(9)17-13-4-3-12(8-16)18-13/h3-6,8H,1-2H3. The molecule has 1 aromatic heterocycles. The first kappa shape index (κ1) is 12.3. The van der Waals surface area contributed by atoms with Crippen molar-refractivity contribution in [3.05, 3.63) is 45.8 Å². The van der Waals surface area contributed by atoms with Gasteiger partial charge >= 0.3 is 0 Å². The van der Waals surface area contributed by atoms with E-state index in [2.05, 4.69) is 6.07 Å². The molecule has 0 atom stereocenters. The van der Waals surface area contributed by atoms with Gasteiger partial charge in [-0.05, 0) is 49.2 Å². The third-order valence-corrected chi connectivity index (χ3v) is 3.40. The van der Waals surface area contributed by atoms with Crippen molar-refractivity contribution in [3.63, 3.8) is 0 Å². The molecule has 0 unspecified atom stereocenters. The van der Waals surface area contributed by atoms with Crippen molar-refractivity contribution in [2.45, 2.75) is 13.8 Å². The molecule has 4 heteroatoms. The fourth-order valence-electron chi connectivity index (χ4n) is 1.73. The van der Waals surface area contributed by atoms with Gasteiger partial charge in [-0.25, -0.2) is 0 Å². The molecule has 1 aromatic carbocycles. The van der Waals surface area contributed by atoms with Crippen LogP contribution in [0.4, 0.5) is 0 Å². The van der Waals surface area contributed by atoms with Crippen LogP contribution < -0.4 is 4.74 Å². The molecule has 0 fully saturated rings. The van der Waals surface area contributed by atoms with Crippen molar-refractivity contribution < 1.29 is 9.53 Å². The number of carbonyl (C=O) groups excluding carboxylic acids is 1. The van der Waals surface area contributed by atoms with Gasteiger partial charge < -0.3 is 4.74 Å². The minimum Gasteiger partial charge on any atom is -0.446 e. The highest BCUT2D eigenvalue weighted by Gasteiger charge is 2.09. The van der Waals surface area contributed by atoms with E-state index >= 15 is 0 Å². The molecule has 0 radical (unpaired) electrons. The van der Waals surface area contributed by atoms with E-state index in [-0.39, 0.29) is 0 Å². The van der Waals surface area contributed by atoms with Crippen LogP contribution in [0.5, 0.6) is 10.8 Å². The summed E-state index contributed by atoms with van der Waals surface area (Å²) in [7, 11) is 0. The molecule has 18 heavy (non-hydrogen) atoms. The Hall–Kier alpha value is -2.12. The third-order valence-electron chi connectivity index (χ3n) is 2.51. The molecule has 0 aliphatic carbocycles. The van der Waals surface area contributed by atoms with E-state index in [1.54, 1.807) is 24.3 Å². The summed E-state index contributed by atoms with van der Waals surface area (Å²) < 4.78 is 5.77. The molecule has 0 N–H and O–H groups in total. The molecule has 0 aliphatic rings. The van der Waals surface area contributed by atoms with Gasteiger partial charge in [-0.1, -0.05) is 11.3 Å². The first-order valence-corrected chi connectivity index (χ1v) is 6.20. The van der Waals surface area contributed by atoms with Crippen LogP contribution in [0.2, 0.25) is 0 Å². The first-order valence-electron chi connectivity index (χ1n) is 5.38. The Labute approximate surface area is 109 Å². The van der Waals surface area contributed by atoms with Crippen molar-refractivity contribution in [2.24, 2.45) is 0 Å². The molecular weight excluding hydrogens is 246 g/mol. The normalized spacial score (nSPS) is 9.83. The van der Waals surface area contributed by atoms with Crippen LogP contribution in [-0.4, -0.2) is 6.29 Å². The highest BCUT2D eigenvalue weighted by atomic mass is 32.1. The number of hydrogen-bond acceptors (Lipinski definition) is 4. The highest BCUT2D eigenvalue weighted by Crippen LogP contribution is 2.33. The number of nitrogens with zero attached hydrogens (tertiary/aromatic N) is 1. The second-order valence-electron chi connectivity index (χ2n) is 3.93. The van der Waals surface area contributed by atoms with Gasteiger partial charge in [-0.15, -0.1) is 0 Å². The molecule has 0 bridgehead atoms. The maximum atomic E-state index is 10.6. The summed E-state index contributed by atoms with van der Waals surface area (Å²) in [6, 6.07) is 9.18. The van der Waals surface area contributed by atoms with Crippen molar-refractivity contribution >= 4 is 17.6 Å². The van der Waals surface area contributed by atoms with Crippen LogP contribution in [0.15, 0.2) is 24.3 Å². The van der Waals surface area contributed by atoms with Gasteiger partial charge in [0.05, 0.1) is 16.5 Å². The van der Waals surface area contributed by atoms with Gasteiger partial charge in [0.2, 0.25) is 0 Å². The van der Waals surface area contributed by atoms with Gasteiger partial charge in [0.25, 0.3) is 0 Å². The van der Waals surface area contributed by atoms with Crippen molar-refractivity contribution in [1.82, 2.24) is 0 Å². The summed E-state index contributed by atoms with van der Waals surface area (Å²) in [5.41, 5.74) is 2.44. The average Bonchev–Trinajstić information content (AvgIpc) is 2.81. The van der Waals surface area contributed by atoms with Gasteiger partial charge in [-0.2, -0.15) is 5.26 Å². The molecule has 0 aliphatic heterocycles. The van der Waals surface area contributed by atoms with Crippen molar-refractivity contribution in [1.29, 1.82) is 5.26 Å². The van der Waals surface area contributed by atoms with E-state index in [0.29, 0.717) is 15.5 Å². The monoisotopic (exact) mass is 257 g/mol. The van der Waals surface area contributed by atoms with Crippen molar-refractivity contribution in [2.75, 3.05) is 0 Å². The van der Waals surface area contributed by atoms with E-state index in [4.69, 9.17) is 10.00 Å². The van der Waals surface area contributed by atoms with E-state index in [1.165, 1.54) is 11.3 Å². The Morgan fingerprint density at radius 1 is 1.28 bits per heavy atom. The fraction of sp³-hybridized carbons (Fsp3) is 0.143. The first-order chi connectivity index (χ1) is 8.63. The Bertz CT molecular complexity index is 614. The SMILES string of the molecule is Cc1cc(C#N)cc(C)c1Oc1ccc(C=O)s1. The lowest BCUT2D eigenvalue weighted by molar-refractivity contribution is 0.112. The number of ether oxygens (including phenoxy) is 1. The lowest BCUT2D eigenvalue weighted by atomic mass is 10.1. The second-order valence-corrected chi connectivity index (χ2v) is 5.01. The summed E-state index contributed by atoms with van der Waals surface area (Å²) >= 11 is 1.30. The smallest absolute Gasteiger partial charge is 0.181 e. The minimum absolute atomic E-state index is 0.622. The molecular formula is C14H11NO2S. The number of rotatable bonds is 3. The summed E-state index contributed by atoms with van der Waals surface area (Å²) in [5, 5.41) is 9.55. The average molecular weight is 257 g/mol. The maximum absolute atomic E-state index is 10.6. The van der Waals surface area contributed by atoms with Crippen LogP contribution in [0.3, 0.4) is 0 Å². The summed E-state index contributed by atoms with van der Waals surface area (Å²) in [5.74, 6) is 0.744. The zero-order chi connectivity index (χ0) is 13.1. The third kappa shape index (κ3) is 2.41. The van der Waals surface area contributed by atoms with E-state index < -0.39 is 0 Å². The lowest BCUT2D eigenvalue weighted by Gasteiger charge is -2.10. The Balaban J connectivity index is 2.34. The summed E-state index contributed by atoms with van der Waals surface area (Å²) in [6.07, 6.45) is 0.802. The summed E-state index contributed by atoms with van der Waals surface area (Å²) in [4.78, 5) is 11.2. The van der Waals surface area contributed by atoms with Gasteiger partial charge in [0, 0.05) is 0 Å². The molecule has 0 spiro atoms. The van der Waals surface area contributed by atoms with Gasteiger partial charge in [0.15, 0.2) is 11.3 Å². The zero-order valence-corrected chi connectivity index (χ0v) is 10.9. The lowest BCUT2D eigenvalue weighted by Crippen LogP contribution is -1.91. The topological polar surface area (TPSA) is 50.1 Å². The zero-order valence-electron chi connectivity index (χ0n) is 10.1. The molecule has 0 saturated heterocycles. The van der Waals surface area contributed by atoms with E-state index in [1.807, 2.05) is 13.8 Å². The Morgan fingerprint density at radius 2 is 1.94 bits per heavy atom. The molecule has 0 amide bonds. The minimum atomic E-state index is 0.622. The van der Waals surface area contributed by atoms with Crippen LogP contribution >= 0.6 is 11.3 Å². The molecule has 3 nitrogen and oxygen atoms in total. The highest BCUT2D eigenvalue weighted by molar-refractivity contribution is 7.15. The Kier molecular flexibility index (Phi) is 3.45. The molecule has 90 valence electrons. The molecule has 0 saturated carbocycles. The number of carbonyl (C=O) groups is 1. The number of aryl methyl sites for hydroxylation is 2. The van der Waals surface area contributed by atoms with Crippen LogP contribution in [-0.2, 0) is 0 Å². The van der Waals surface area contributed by atoms with Crippen LogP contribution in [0, 0.1) is 25.2 Å². The number of nitriles is 1. The number of aldehydes is 1. The van der Waals surface area contributed by atoms with Crippen molar-refractivity contribution in [3.8, 4) is 16.9 Å². The fourth-order valence-corrected chi connectivity index (χ4v) is 2.41. The van der Waals surface area contributed by atoms with E-state index in [9.17, 15) is 4.79 Å². The van der Waals surface area contributed by atoms with Crippen LogP contribution in [0.1, 0.15) is 26.4 Å². The maximum Gasteiger partial charge on any atom is 0.181 e. The van der Waals surface area contributed by atoms with Crippen LogP contribution in [0.25, 0.3) is 0 Å². The number of thiophene rings is 1. The quantitative estimate of drug-likeness (QED) is 0.785. The summed E-state index contributed by atoms with van der Waals surface area (Å²) in [6.45, 7) is 3.80. The largest absolute Gasteiger partial charge is 0.446 e. The molecule has 2 rings (SSSR count). The number of benzene rings is 1. The predicted molar refractivity (Wildman–Crippen MR) is 70.4 cm³/mol.